The quantitative estimate of drug-likeness (QED) is 0.232. The topological polar surface area (TPSA) is 160 Å². The average Bonchev–Trinajstić information content (AvgIpc) is 3.36. The molecule has 1 saturated carbocycles. The smallest absolute Gasteiger partial charge is 0.409 e. The Morgan fingerprint density at radius 1 is 0.949 bits per heavy atom. The van der Waals surface area contributed by atoms with Crippen LogP contribution in [0.2, 0.25) is 0 Å². The van der Waals surface area contributed by atoms with Gasteiger partial charge in [-0.05, 0) is 42.7 Å². The molecule has 0 spiro atoms. The molecular formula is C28H31N5O5S. The van der Waals surface area contributed by atoms with Crippen molar-refractivity contribution in [2.75, 3.05) is 10.6 Å². The van der Waals surface area contributed by atoms with Crippen LogP contribution in [0, 0.1) is 6.92 Å². The van der Waals surface area contributed by atoms with Crippen molar-refractivity contribution in [1.82, 2.24) is 10.1 Å². The number of sulfonamides is 1. The zero-order chi connectivity index (χ0) is 27.8. The van der Waals surface area contributed by atoms with Gasteiger partial charge in [0.2, 0.25) is 21.7 Å². The summed E-state index contributed by atoms with van der Waals surface area (Å²) >= 11 is 0. The number of hydrogen-bond acceptors (Lipinski definition) is 7. The van der Waals surface area contributed by atoms with Gasteiger partial charge in [-0.3, -0.25) is 5.32 Å². The molecule has 1 aliphatic carbocycles. The van der Waals surface area contributed by atoms with E-state index in [1.807, 2.05) is 12.1 Å². The lowest BCUT2D eigenvalue weighted by atomic mass is 9.95. The van der Waals surface area contributed by atoms with Gasteiger partial charge in [0.15, 0.2) is 0 Å². The Morgan fingerprint density at radius 2 is 1.67 bits per heavy atom. The molecule has 204 valence electrons. The predicted molar refractivity (Wildman–Crippen MR) is 150 cm³/mol. The summed E-state index contributed by atoms with van der Waals surface area (Å²) in [6, 6.07) is 21.9. The summed E-state index contributed by atoms with van der Waals surface area (Å²) in [7, 11) is -3.97. The van der Waals surface area contributed by atoms with Crippen LogP contribution >= 0.6 is 0 Å². The summed E-state index contributed by atoms with van der Waals surface area (Å²) in [5.74, 6) is 1.26. The van der Waals surface area contributed by atoms with E-state index in [0.717, 1.165) is 11.3 Å². The summed E-state index contributed by atoms with van der Waals surface area (Å²) in [6.45, 7) is 1.81. The minimum absolute atomic E-state index is 0.130. The Bertz CT molecular complexity index is 1520. The molecule has 1 aromatic heterocycles. The van der Waals surface area contributed by atoms with E-state index in [1.165, 1.54) is 50.3 Å². The van der Waals surface area contributed by atoms with E-state index in [2.05, 4.69) is 32.9 Å². The molecular weight excluding hydrogens is 518 g/mol. The molecule has 1 aliphatic rings. The number of primary sulfonamides is 1. The lowest BCUT2D eigenvalue weighted by Crippen LogP contribution is -2.22. The first-order chi connectivity index (χ1) is 18.7. The van der Waals surface area contributed by atoms with E-state index in [-0.39, 0.29) is 10.6 Å². The van der Waals surface area contributed by atoms with E-state index in [4.69, 9.17) is 14.8 Å². The third-order valence-corrected chi connectivity index (χ3v) is 7.20. The standard InChI is InChI=1S/C15H19N3O.C13H12N2O4S/c1-11-16-15(18-19-11)12-6-5-9-14(10-12)17-13-7-3-2-4-8-13;14-20(18,19)12-8-10(15-13(16)17)6-7-11(12)9-4-2-1-3-5-9/h5-6,9-10,13,17H,2-4,7-8H2,1H3;1-8,15H,(H,16,17)(H2,14,18,19). The van der Waals surface area contributed by atoms with Crippen molar-refractivity contribution in [2.24, 2.45) is 5.14 Å². The number of carbonyl (C=O) groups is 1. The molecule has 5 N–H and O–H groups in total. The van der Waals surface area contributed by atoms with Gasteiger partial charge in [-0.15, -0.1) is 0 Å². The summed E-state index contributed by atoms with van der Waals surface area (Å²) in [6.07, 6.45) is 5.30. The van der Waals surface area contributed by atoms with Gasteiger partial charge in [0.25, 0.3) is 0 Å². The van der Waals surface area contributed by atoms with Crippen molar-refractivity contribution < 1.29 is 22.8 Å². The zero-order valence-corrected chi connectivity index (χ0v) is 22.3. The van der Waals surface area contributed by atoms with Crippen molar-refractivity contribution in [2.45, 2.75) is 50.0 Å². The third-order valence-electron chi connectivity index (χ3n) is 6.25. The molecule has 0 atom stereocenters. The first kappa shape index (κ1) is 27.8. The van der Waals surface area contributed by atoms with Crippen LogP contribution in [-0.4, -0.2) is 35.8 Å². The molecule has 1 heterocycles. The Hall–Kier alpha value is -4.22. The average molecular weight is 550 g/mol. The van der Waals surface area contributed by atoms with E-state index in [9.17, 15) is 13.2 Å². The molecule has 1 fully saturated rings. The van der Waals surface area contributed by atoms with Crippen LogP contribution in [0.3, 0.4) is 0 Å². The van der Waals surface area contributed by atoms with Crippen molar-refractivity contribution >= 4 is 27.5 Å². The van der Waals surface area contributed by atoms with Crippen LogP contribution in [0.4, 0.5) is 16.2 Å². The molecule has 0 aliphatic heterocycles. The number of anilines is 2. The molecule has 11 heteroatoms. The lowest BCUT2D eigenvalue weighted by Gasteiger charge is -2.23. The fourth-order valence-electron chi connectivity index (χ4n) is 4.46. The Labute approximate surface area is 227 Å². The van der Waals surface area contributed by atoms with E-state index in [0.29, 0.717) is 28.9 Å². The molecule has 0 bridgehead atoms. The van der Waals surface area contributed by atoms with Crippen molar-refractivity contribution in [1.29, 1.82) is 0 Å². The zero-order valence-electron chi connectivity index (χ0n) is 21.5. The molecule has 1 amide bonds. The van der Waals surface area contributed by atoms with Crippen molar-refractivity contribution in [3.05, 3.63) is 78.7 Å². The summed E-state index contributed by atoms with van der Waals surface area (Å²) in [5.41, 5.74) is 3.38. The van der Waals surface area contributed by atoms with Gasteiger partial charge >= 0.3 is 6.09 Å². The van der Waals surface area contributed by atoms with Gasteiger partial charge in [0.05, 0.1) is 4.90 Å². The fourth-order valence-corrected chi connectivity index (χ4v) is 5.25. The molecule has 3 aromatic carbocycles. The molecule has 5 rings (SSSR count). The molecule has 0 saturated heterocycles. The number of carboxylic acid groups (broad SMARTS) is 1. The van der Waals surface area contributed by atoms with E-state index >= 15 is 0 Å². The normalized spacial score (nSPS) is 13.7. The Morgan fingerprint density at radius 3 is 2.31 bits per heavy atom. The molecule has 39 heavy (non-hydrogen) atoms. The summed E-state index contributed by atoms with van der Waals surface area (Å²) in [5, 5.41) is 23.5. The highest BCUT2D eigenvalue weighted by Gasteiger charge is 2.17. The second-order valence-corrected chi connectivity index (χ2v) is 10.8. The molecule has 0 unspecified atom stereocenters. The van der Waals surface area contributed by atoms with Crippen LogP contribution in [0.15, 0.2) is 82.2 Å². The minimum atomic E-state index is -3.97. The first-order valence-corrected chi connectivity index (χ1v) is 14.1. The third kappa shape index (κ3) is 7.88. The van der Waals surface area contributed by atoms with E-state index < -0.39 is 16.1 Å². The van der Waals surface area contributed by atoms with Gasteiger partial charge in [-0.2, -0.15) is 4.98 Å². The molecule has 4 aromatic rings. The summed E-state index contributed by atoms with van der Waals surface area (Å²) in [4.78, 5) is 14.7. The SMILES string of the molecule is Cc1nc(-c2cccc(NC3CCCCC3)c2)no1.NS(=O)(=O)c1cc(NC(=O)O)ccc1-c1ccccc1. The number of hydrogen-bond donors (Lipinski definition) is 4. The Balaban J connectivity index is 0.000000181. The minimum Gasteiger partial charge on any atom is -0.465 e. The lowest BCUT2D eigenvalue weighted by molar-refractivity contribution is 0.209. The van der Waals surface area contributed by atoms with E-state index in [1.54, 1.807) is 37.3 Å². The molecule has 10 nitrogen and oxygen atoms in total. The van der Waals surface area contributed by atoms with Crippen LogP contribution < -0.4 is 15.8 Å². The monoisotopic (exact) mass is 549 g/mol. The maximum Gasteiger partial charge on any atom is 0.409 e. The van der Waals surface area contributed by atoms with Crippen LogP contribution in [-0.2, 0) is 10.0 Å². The number of amides is 1. The second kappa shape index (κ2) is 12.5. The van der Waals surface area contributed by atoms with Crippen LogP contribution in [0.5, 0.6) is 0 Å². The summed E-state index contributed by atoms with van der Waals surface area (Å²) < 4.78 is 28.4. The number of aromatic nitrogens is 2. The maximum absolute atomic E-state index is 11.7. The number of aryl methyl sites for hydroxylation is 1. The van der Waals surface area contributed by atoms with Gasteiger partial charge < -0.3 is 14.9 Å². The highest BCUT2D eigenvalue weighted by Crippen LogP contribution is 2.29. The number of rotatable bonds is 6. The van der Waals surface area contributed by atoms with Crippen molar-refractivity contribution in [3.63, 3.8) is 0 Å². The van der Waals surface area contributed by atoms with Crippen molar-refractivity contribution in [3.8, 4) is 22.5 Å². The first-order valence-electron chi connectivity index (χ1n) is 12.6. The highest BCUT2D eigenvalue weighted by atomic mass is 32.2. The number of nitrogens with one attached hydrogen (secondary N) is 2. The predicted octanol–water partition coefficient (Wildman–Crippen LogP) is 5.88. The second-order valence-electron chi connectivity index (χ2n) is 9.25. The van der Waals surface area contributed by atoms with Gasteiger partial charge in [0, 0.05) is 35.5 Å². The largest absolute Gasteiger partial charge is 0.465 e. The van der Waals surface area contributed by atoms with Gasteiger partial charge in [0.1, 0.15) is 0 Å². The van der Waals surface area contributed by atoms with Gasteiger partial charge in [-0.25, -0.2) is 18.4 Å². The Kier molecular flexibility index (Phi) is 8.95. The highest BCUT2D eigenvalue weighted by molar-refractivity contribution is 7.89. The number of benzene rings is 3. The maximum atomic E-state index is 11.7. The number of nitrogens with zero attached hydrogens (tertiary/aromatic N) is 2. The van der Waals surface area contributed by atoms with Gasteiger partial charge in [-0.1, -0.05) is 73.0 Å². The van der Waals surface area contributed by atoms with Crippen LogP contribution in [0.1, 0.15) is 38.0 Å². The number of nitrogens with two attached hydrogens (primary N) is 1. The molecule has 0 radical (unpaired) electrons. The fraction of sp³-hybridized carbons (Fsp3) is 0.250. The van der Waals surface area contributed by atoms with Crippen LogP contribution in [0.25, 0.3) is 22.5 Å².